The van der Waals surface area contributed by atoms with Crippen molar-refractivity contribution in [2.24, 2.45) is 0 Å². The van der Waals surface area contributed by atoms with Crippen LogP contribution in [0.25, 0.3) is 0 Å². The van der Waals surface area contributed by atoms with Crippen molar-refractivity contribution in [2.75, 3.05) is 0 Å². The molecule has 66 heavy (non-hydrogen) atoms. The molecule has 3 radical (unpaired) electrons. The van der Waals surface area contributed by atoms with Crippen molar-refractivity contribution in [1.82, 2.24) is 0 Å². The van der Waals surface area contributed by atoms with E-state index in [-0.39, 0.29) is 117 Å². The number of carboxylic acids is 3. The maximum Gasteiger partial charge on any atom is 0.303 e. The van der Waals surface area contributed by atoms with E-state index >= 15 is 0 Å². The van der Waals surface area contributed by atoms with Crippen molar-refractivity contribution in [3.63, 3.8) is 0 Å². The van der Waals surface area contributed by atoms with Crippen LogP contribution in [0.2, 0.25) is 0 Å². The molecule has 369 valence electrons. The summed E-state index contributed by atoms with van der Waals surface area (Å²) in [4.78, 5) is 29.9. The zero-order chi connectivity index (χ0) is 48.6. The fourth-order valence-electron chi connectivity index (χ4n) is 4.18. The number of aliphatic carboxylic acids is 3. The van der Waals surface area contributed by atoms with Crippen LogP contribution in [0, 0.1) is 40.5 Å². The van der Waals surface area contributed by atoms with E-state index in [0.717, 1.165) is 51.4 Å². The first-order valence-corrected chi connectivity index (χ1v) is 23.1. The Hall–Kier alpha value is -1.53. The molecule has 0 aromatic carbocycles. The molecule has 0 rings (SSSR count). The van der Waals surface area contributed by atoms with Gasteiger partial charge in [0.1, 0.15) is 0 Å². The molecule has 0 spiro atoms. The molecule has 0 aliphatic rings. The number of hydrogen-bond donors (Lipinski definition) is 3. The van der Waals surface area contributed by atoms with Crippen molar-refractivity contribution in [3.05, 3.63) is 168 Å². The number of carbonyl (C=O) groups is 3. The molecule has 0 amide bonds. The fraction of sp³-hybridized carbons (Fsp3) is 0.474. The number of rotatable bonds is 33. The predicted octanol–water partition coefficient (Wildman–Crippen LogP) is 17.1. The maximum absolute atomic E-state index is 10.2. The summed E-state index contributed by atoms with van der Waals surface area (Å²) in [6, 6.07) is 0. The van der Waals surface area contributed by atoms with Gasteiger partial charge in [-0.2, -0.15) is 31.1 Å². The van der Waals surface area contributed by atoms with Gasteiger partial charge in [0.25, 0.3) is 0 Å². The molecule has 0 saturated carbocycles. The SMILES string of the molecule is [CH-]=C/C=C\C/C=C\C/C=C\CCCC(=O)O.[CH-]=C/C=C\C/C=C\C/C=C\CCCCC.[CH-]=C/C=C\C/C=C\CCCC(=O)O.[CH2-]/C=C\CCCCC.[CH2-]CCC(=O)O.[CH2-]CCCC.[Y].[Y].[Y]. The molecule has 0 aliphatic heterocycles. The molecule has 0 heterocycles. The van der Waals surface area contributed by atoms with E-state index in [1.807, 2.05) is 54.7 Å². The molecule has 0 aromatic rings. The molecular weight excluding hydrogens is 1050 g/mol. The van der Waals surface area contributed by atoms with Crippen LogP contribution in [0.5, 0.6) is 0 Å². The van der Waals surface area contributed by atoms with Crippen molar-refractivity contribution >= 4 is 17.9 Å². The van der Waals surface area contributed by atoms with E-state index < -0.39 is 17.9 Å². The van der Waals surface area contributed by atoms with Gasteiger partial charge in [0.15, 0.2) is 0 Å². The van der Waals surface area contributed by atoms with Gasteiger partial charge < -0.3 is 29.2 Å². The second-order valence-electron chi connectivity index (χ2n) is 13.6. The topological polar surface area (TPSA) is 112 Å². The standard InChI is InChI=1S/C15H23.C14H19O2.C11H15O2.C8H15.C5H11.C4H7O2.3Y/c1-3-5-7-9-11-13-15-14-12-10-8-6-4-2;1-2-3-4-5-6-7-8-9-10-11-12-13-14(15)16;1-2-3-4-5-6-7-8-9-10-11(12)13;1-3-5-7-8-6-4-2;1-3-5-4-2;1-2-3-4(5)6;;;/h1,3,5,7,11-14H,4,6,8-10,15H2,2H3;1-4,6-7,9-10H,5,8,11-13H2,(H,15,16);1-4,6-7H,5,8-10H2,(H,12,13);3,5H,1,4,6-8H2,2H3;1,3-5H2,2H3;1-3H2,(H,5,6);;;/q6*-1;;;/b7-5-,13-11-,14-12-;4-3-,7-6-,10-9-;4-3-,7-6-;5-3-;;;;;. The molecule has 0 aromatic heterocycles. The first-order chi connectivity index (χ1) is 30.6. The summed E-state index contributed by atoms with van der Waals surface area (Å²) in [7, 11) is 0. The van der Waals surface area contributed by atoms with Crippen LogP contribution in [0.1, 0.15) is 175 Å². The Morgan fingerprint density at radius 2 is 0.682 bits per heavy atom. The zero-order valence-corrected chi connectivity index (χ0v) is 50.3. The predicted molar refractivity (Wildman–Crippen MR) is 276 cm³/mol. The van der Waals surface area contributed by atoms with Crippen LogP contribution in [0.3, 0.4) is 0 Å². The number of hydrogen-bond acceptors (Lipinski definition) is 3. The smallest absolute Gasteiger partial charge is 0.303 e. The Kier molecular flexibility index (Phi) is 115. The Labute approximate surface area is 483 Å². The Balaban J connectivity index is -0.0000000872. The van der Waals surface area contributed by atoms with E-state index in [0.29, 0.717) is 19.3 Å². The van der Waals surface area contributed by atoms with Gasteiger partial charge in [0.2, 0.25) is 0 Å². The summed E-state index contributed by atoms with van der Waals surface area (Å²) < 4.78 is 0. The molecule has 0 aliphatic carbocycles. The summed E-state index contributed by atoms with van der Waals surface area (Å²) in [5.41, 5.74) is 0. The van der Waals surface area contributed by atoms with Crippen molar-refractivity contribution in [3.8, 4) is 0 Å². The third kappa shape index (κ3) is 125. The number of unbranched alkanes of at least 4 members (excludes halogenated alkanes) is 10. The van der Waals surface area contributed by atoms with Crippen LogP contribution in [0.15, 0.2) is 128 Å². The first-order valence-electron chi connectivity index (χ1n) is 23.1. The summed E-state index contributed by atoms with van der Waals surface area (Å²) in [5, 5.41) is 24.6. The van der Waals surface area contributed by atoms with Crippen molar-refractivity contribution in [2.45, 2.75) is 175 Å². The second kappa shape index (κ2) is 90.0. The quantitative estimate of drug-likeness (QED) is 0.0261. The molecule has 0 saturated heterocycles. The van der Waals surface area contributed by atoms with Gasteiger partial charge in [0, 0.05) is 117 Å². The fourth-order valence-corrected chi connectivity index (χ4v) is 4.18. The van der Waals surface area contributed by atoms with Gasteiger partial charge in [-0.1, -0.05) is 126 Å². The molecule has 0 atom stereocenters. The second-order valence-corrected chi connectivity index (χ2v) is 13.6. The molecule has 9 heteroatoms. The van der Waals surface area contributed by atoms with E-state index in [4.69, 9.17) is 35.1 Å². The Morgan fingerprint density at radius 1 is 0.394 bits per heavy atom. The minimum Gasteiger partial charge on any atom is -0.481 e. The summed E-state index contributed by atoms with van der Waals surface area (Å²) in [5.74, 6) is -2.23. The number of carboxylic acid groups (broad SMARTS) is 3. The van der Waals surface area contributed by atoms with Gasteiger partial charge in [-0.3, -0.25) is 34.1 Å². The van der Waals surface area contributed by atoms with Gasteiger partial charge in [0.05, 0.1) is 0 Å². The average Bonchev–Trinajstić information content (AvgIpc) is 3.26. The maximum atomic E-state index is 10.2. The Bertz CT molecular complexity index is 1250. The van der Waals surface area contributed by atoms with E-state index in [1.54, 1.807) is 12.2 Å². The minimum atomic E-state index is -0.773. The largest absolute Gasteiger partial charge is 0.481 e. The zero-order valence-electron chi connectivity index (χ0n) is 41.7. The third-order valence-electron chi connectivity index (χ3n) is 7.57. The van der Waals surface area contributed by atoms with Gasteiger partial charge in [-0.05, 0) is 70.6 Å². The van der Waals surface area contributed by atoms with E-state index in [2.05, 4.69) is 90.2 Å². The van der Waals surface area contributed by atoms with Gasteiger partial charge >= 0.3 is 17.9 Å². The van der Waals surface area contributed by atoms with Gasteiger partial charge in [-0.15, -0.1) is 6.42 Å². The molecule has 6 nitrogen and oxygen atoms in total. The van der Waals surface area contributed by atoms with Crippen LogP contribution in [-0.4, -0.2) is 33.2 Å². The first kappa shape index (κ1) is 84.4. The van der Waals surface area contributed by atoms with Crippen molar-refractivity contribution in [1.29, 1.82) is 0 Å². The monoisotopic (exact) mass is 1140 g/mol. The molecule has 0 fully saturated rings. The normalized spacial score (nSPS) is 10.4. The summed E-state index contributed by atoms with van der Waals surface area (Å²) in [6.07, 6.45) is 64.0. The third-order valence-corrected chi connectivity index (χ3v) is 7.57. The van der Waals surface area contributed by atoms with Crippen LogP contribution in [0.4, 0.5) is 0 Å². The minimum absolute atomic E-state index is 0. The van der Waals surface area contributed by atoms with Gasteiger partial charge in [-0.25, -0.2) is 55.5 Å². The van der Waals surface area contributed by atoms with Crippen molar-refractivity contribution < 1.29 is 128 Å². The van der Waals surface area contributed by atoms with Crippen LogP contribution < -0.4 is 0 Å². The van der Waals surface area contributed by atoms with Crippen LogP contribution >= 0.6 is 0 Å². The molecule has 0 unspecified atom stereocenters. The Morgan fingerprint density at radius 3 is 0.909 bits per heavy atom. The molecular formula is C57H90O6Y3-6. The number of allylic oxidation sites excluding steroid dienone is 21. The average molecular weight is 1140 g/mol. The molecule has 3 N–H and O–H groups in total. The van der Waals surface area contributed by atoms with E-state index in [1.165, 1.54) is 76.4 Å². The van der Waals surface area contributed by atoms with E-state index in [9.17, 15) is 14.4 Å². The molecule has 0 bridgehead atoms. The summed E-state index contributed by atoms with van der Waals surface area (Å²) in [6.45, 7) is 32.7. The summed E-state index contributed by atoms with van der Waals surface area (Å²) >= 11 is 0. The van der Waals surface area contributed by atoms with Crippen LogP contribution in [-0.2, 0) is 113 Å².